The van der Waals surface area contributed by atoms with Crippen LogP contribution < -0.4 is 0 Å². The van der Waals surface area contributed by atoms with Crippen LogP contribution in [0.2, 0.25) is 0 Å². The third-order valence-electron chi connectivity index (χ3n) is 3.33. The largest absolute Gasteiger partial charge is 0.455 e. The minimum Gasteiger partial charge on any atom is -0.455 e. The second-order valence-electron chi connectivity index (χ2n) is 5.33. The second kappa shape index (κ2) is 6.34. The van der Waals surface area contributed by atoms with E-state index in [0.717, 1.165) is 6.42 Å². The molecule has 0 aliphatic heterocycles. The Morgan fingerprint density at radius 2 is 2.17 bits per heavy atom. The predicted octanol–water partition coefficient (Wildman–Crippen LogP) is 1.94. The molecule has 4 nitrogen and oxygen atoms in total. The topological polar surface area (TPSA) is 66.8 Å². The molecule has 0 aromatic rings. The van der Waals surface area contributed by atoms with Crippen LogP contribution in [0, 0.1) is 0 Å². The van der Waals surface area contributed by atoms with Crippen molar-refractivity contribution < 1.29 is 19.7 Å². The summed E-state index contributed by atoms with van der Waals surface area (Å²) in [6.45, 7) is 3.73. The first-order valence-corrected chi connectivity index (χ1v) is 6.66. The number of hydrogen-bond donors (Lipinski definition) is 2. The first-order valence-electron chi connectivity index (χ1n) is 6.66. The van der Waals surface area contributed by atoms with E-state index in [1.54, 1.807) is 6.92 Å². The first-order chi connectivity index (χ1) is 8.43. The van der Waals surface area contributed by atoms with Gasteiger partial charge in [0.15, 0.2) is 0 Å². The molecule has 2 atom stereocenters. The molecule has 18 heavy (non-hydrogen) atoms. The summed E-state index contributed by atoms with van der Waals surface area (Å²) in [7, 11) is 0. The van der Waals surface area contributed by atoms with Crippen molar-refractivity contribution >= 4 is 5.97 Å². The molecule has 104 valence electrons. The number of aliphatic hydroxyl groups is 2. The Morgan fingerprint density at radius 1 is 1.44 bits per heavy atom. The normalized spacial score (nSPS) is 31.3. The van der Waals surface area contributed by atoms with E-state index in [-0.39, 0.29) is 12.6 Å². The molecule has 0 fully saturated rings. The highest BCUT2D eigenvalue weighted by Gasteiger charge is 2.39. The van der Waals surface area contributed by atoms with Gasteiger partial charge in [0.05, 0.1) is 5.60 Å². The summed E-state index contributed by atoms with van der Waals surface area (Å²) in [6.07, 6.45) is 7.18. The van der Waals surface area contributed by atoms with Crippen LogP contribution in [0.1, 0.15) is 52.4 Å². The van der Waals surface area contributed by atoms with Gasteiger partial charge in [-0.15, -0.1) is 0 Å². The monoisotopic (exact) mass is 256 g/mol. The molecule has 0 radical (unpaired) electrons. The number of unbranched alkanes of at least 4 members (excludes halogenated alkanes) is 1. The van der Waals surface area contributed by atoms with E-state index in [2.05, 4.69) is 0 Å². The summed E-state index contributed by atoms with van der Waals surface area (Å²) in [6, 6.07) is 0. The van der Waals surface area contributed by atoms with E-state index in [9.17, 15) is 9.90 Å². The molecule has 1 aliphatic carbocycles. The van der Waals surface area contributed by atoms with Crippen LogP contribution >= 0.6 is 0 Å². The summed E-state index contributed by atoms with van der Waals surface area (Å²) in [5, 5.41) is 19.3. The molecule has 0 amide bonds. The number of hydrogen-bond acceptors (Lipinski definition) is 4. The standard InChI is InChI=1S/C14H24O4/c1-3-12(16)18-13(2)7-6-9-14(17,11-13)8-4-5-10-15/h6-7,15,17H,3-5,8-11H2,1-2H3. The lowest BCUT2D eigenvalue weighted by atomic mass is 9.78. The quantitative estimate of drug-likeness (QED) is 0.433. The molecule has 2 unspecified atom stereocenters. The van der Waals surface area contributed by atoms with Crippen molar-refractivity contribution in [2.24, 2.45) is 0 Å². The molecule has 1 rings (SSSR count). The van der Waals surface area contributed by atoms with Crippen LogP contribution in [-0.2, 0) is 9.53 Å². The van der Waals surface area contributed by atoms with Crippen molar-refractivity contribution in [3.63, 3.8) is 0 Å². The average molecular weight is 256 g/mol. The van der Waals surface area contributed by atoms with E-state index in [1.807, 2.05) is 19.1 Å². The zero-order chi connectivity index (χ0) is 13.6. The van der Waals surface area contributed by atoms with Crippen molar-refractivity contribution in [3.05, 3.63) is 12.2 Å². The van der Waals surface area contributed by atoms with Crippen molar-refractivity contribution in [2.75, 3.05) is 6.61 Å². The van der Waals surface area contributed by atoms with Gasteiger partial charge in [0.2, 0.25) is 0 Å². The van der Waals surface area contributed by atoms with Crippen molar-refractivity contribution in [1.82, 2.24) is 0 Å². The van der Waals surface area contributed by atoms with E-state index in [1.165, 1.54) is 0 Å². The number of carbonyl (C=O) groups is 1. The van der Waals surface area contributed by atoms with Crippen LogP contribution in [0.5, 0.6) is 0 Å². The highest BCUT2D eigenvalue weighted by atomic mass is 16.6. The lowest BCUT2D eigenvalue weighted by molar-refractivity contribution is -0.159. The third-order valence-corrected chi connectivity index (χ3v) is 3.33. The van der Waals surface area contributed by atoms with Gasteiger partial charge in [0, 0.05) is 19.4 Å². The SMILES string of the molecule is CCC(=O)OC1(C)C=CCC(O)(CCCCO)C1. The Kier molecular flexibility index (Phi) is 5.35. The van der Waals surface area contributed by atoms with Gasteiger partial charge in [-0.2, -0.15) is 0 Å². The van der Waals surface area contributed by atoms with E-state index in [0.29, 0.717) is 32.1 Å². The lowest BCUT2D eigenvalue weighted by Gasteiger charge is -2.39. The van der Waals surface area contributed by atoms with Gasteiger partial charge < -0.3 is 14.9 Å². The van der Waals surface area contributed by atoms with Gasteiger partial charge in [-0.1, -0.05) is 13.0 Å². The smallest absolute Gasteiger partial charge is 0.306 e. The number of ether oxygens (including phenoxy) is 1. The number of aliphatic hydroxyl groups excluding tert-OH is 1. The molecule has 0 saturated carbocycles. The van der Waals surface area contributed by atoms with E-state index < -0.39 is 11.2 Å². The summed E-state index contributed by atoms with van der Waals surface area (Å²) < 4.78 is 5.39. The summed E-state index contributed by atoms with van der Waals surface area (Å²) >= 11 is 0. The van der Waals surface area contributed by atoms with Crippen molar-refractivity contribution in [3.8, 4) is 0 Å². The molecule has 0 aromatic carbocycles. The van der Waals surface area contributed by atoms with Gasteiger partial charge >= 0.3 is 5.97 Å². The maximum atomic E-state index is 11.4. The molecule has 0 aromatic heterocycles. The average Bonchev–Trinajstić information content (AvgIpc) is 2.28. The van der Waals surface area contributed by atoms with Crippen molar-refractivity contribution in [1.29, 1.82) is 0 Å². The Hall–Kier alpha value is -0.870. The summed E-state index contributed by atoms with van der Waals surface area (Å²) in [5.74, 6) is -0.248. The predicted molar refractivity (Wildman–Crippen MR) is 69.0 cm³/mol. The molecule has 0 heterocycles. The van der Waals surface area contributed by atoms with Gasteiger partial charge in [-0.05, 0) is 38.7 Å². The van der Waals surface area contributed by atoms with Gasteiger partial charge in [-0.3, -0.25) is 4.79 Å². The maximum Gasteiger partial charge on any atom is 0.306 e. The van der Waals surface area contributed by atoms with Gasteiger partial charge in [0.25, 0.3) is 0 Å². The molecule has 0 spiro atoms. The van der Waals surface area contributed by atoms with Crippen LogP contribution in [0.15, 0.2) is 12.2 Å². The first kappa shape index (κ1) is 15.2. The fourth-order valence-electron chi connectivity index (χ4n) is 2.47. The Labute approximate surface area is 109 Å². The molecule has 2 N–H and O–H groups in total. The number of esters is 1. The highest BCUT2D eigenvalue weighted by Crippen LogP contribution is 2.36. The lowest BCUT2D eigenvalue weighted by Crippen LogP contribution is -2.43. The van der Waals surface area contributed by atoms with E-state index in [4.69, 9.17) is 9.84 Å². The van der Waals surface area contributed by atoms with E-state index >= 15 is 0 Å². The van der Waals surface area contributed by atoms with Gasteiger partial charge in [0.1, 0.15) is 5.60 Å². The van der Waals surface area contributed by atoms with Crippen LogP contribution in [0.3, 0.4) is 0 Å². The third kappa shape index (κ3) is 4.42. The minimum absolute atomic E-state index is 0.147. The summed E-state index contributed by atoms with van der Waals surface area (Å²) in [4.78, 5) is 11.4. The van der Waals surface area contributed by atoms with Crippen molar-refractivity contribution in [2.45, 2.75) is 63.6 Å². The Balaban J connectivity index is 2.61. The second-order valence-corrected chi connectivity index (χ2v) is 5.33. The molecule has 0 bridgehead atoms. The molecule has 4 heteroatoms. The Morgan fingerprint density at radius 3 is 2.78 bits per heavy atom. The zero-order valence-electron chi connectivity index (χ0n) is 11.3. The molecular formula is C14H24O4. The number of rotatable bonds is 6. The van der Waals surface area contributed by atoms with Crippen LogP contribution in [0.4, 0.5) is 0 Å². The fourth-order valence-corrected chi connectivity index (χ4v) is 2.47. The highest BCUT2D eigenvalue weighted by molar-refractivity contribution is 5.69. The minimum atomic E-state index is -0.827. The molecule has 1 aliphatic rings. The van der Waals surface area contributed by atoms with Crippen LogP contribution in [0.25, 0.3) is 0 Å². The summed E-state index contributed by atoms with van der Waals surface area (Å²) in [5.41, 5.74) is -1.54. The number of carbonyl (C=O) groups excluding carboxylic acids is 1. The molecule has 0 saturated heterocycles. The van der Waals surface area contributed by atoms with Crippen LogP contribution in [-0.4, -0.2) is 34.0 Å². The maximum absolute atomic E-state index is 11.4. The Bertz CT molecular complexity index is 313. The zero-order valence-corrected chi connectivity index (χ0v) is 11.3. The fraction of sp³-hybridized carbons (Fsp3) is 0.786. The van der Waals surface area contributed by atoms with Gasteiger partial charge in [-0.25, -0.2) is 0 Å². The molecular weight excluding hydrogens is 232 g/mol.